The molecule has 1 fully saturated rings. The minimum Gasteiger partial charge on any atom is -0.444 e. The molecule has 1 aromatic heterocycles. The van der Waals surface area contributed by atoms with E-state index in [4.69, 9.17) is 4.74 Å². The van der Waals surface area contributed by atoms with E-state index in [0.717, 1.165) is 32.2 Å². The van der Waals surface area contributed by atoms with E-state index >= 15 is 0 Å². The quantitative estimate of drug-likeness (QED) is 0.889. The number of aryl methyl sites for hydroxylation is 1. The Morgan fingerprint density at radius 1 is 1.30 bits per heavy atom. The van der Waals surface area contributed by atoms with Crippen LogP contribution in [0.3, 0.4) is 0 Å². The van der Waals surface area contributed by atoms with Crippen molar-refractivity contribution in [3.8, 4) is 0 Å². The van der Waals surface area contributed by atoms with Gasteiger partial charge in [-0.2, -0.15) is 0 Å². The van der Waals surface area contributed by atoms with Gasteiger partial charge in [0.25, 0.3) is 0 Å². The summed E-state index contributed by atoms with van der Waals surface area (Å²) in [5.74, 6) is 0. The Labute approximate surface area is 144 Å². The number of rotatable bonds is 4. The molecule has 0 aromatic carbocycles. The number of ether oxygens (including phenoxy) is 1. The van der Waals surface area contributed by atoms with Crippen molar-refractivity contribution in [2.45, 2.75) is 77.6 Å². The first-order valence-corrected chi connectivity index (χ1v) is 9.31. The highest BCUT2D eigenvalue weighted by molar-refractivity contribution is 7.11. The van der Waals surface area contributed by atoms with E-state index in [1.807, 2.05) is 39.2 Å². The molecule has 1 amide bonds. The maximum absolute atomic E-state index is 12.1. The zero-order valence-electron chi connectivity index (χ0n) is 15.0. The fourth-order valence-corrected chi connectivity index (χ4v) is 3.82. The number of hydrogen-bond donors (Lipinski definition) is 1. The summed E-state index contributed by atoms with van der Waals surface area (Å²) in [6.07, 6.45) is 4.10. The number of nitrogens with one attached hydrogen (secondary N) is 1. The molecule has 0 unspecified atom stereocenters. The second kappa shape index (κ2) is 7.67. The van der Waals surface area contributed by atoms with Gasteiger partial charge in [-0.05, 0) is 65.5 Å². The van der Waals surface area contributed by atoms with Gasteiger partial charge in [-0.15, -0.1) is 11.3 Å². The molecule has 1 aromatic rings. The van der Waals surface area contributed by atoms with E-state index in [9.17, 15) is 4.79 Å². The standard InChI is InChI=1S/C18H30N2O2S/c1-13-6-11-16(23-13)12-19-14-7-9-15(10-8-14)20(5)17(21)22-18(2,3)4/h6,11,14-15,19H,7-10,12H2,1-5H3. The van der Waals surface area contributed by atoms with Gasteiger partial charge in [0.05, 0.1) is 0 Å². The van der Waals surface area contributed by atoms with E-state index in [1.165, 1.54) is 9.75 Å². The predicted octanol–water partition coefficient (Wildman–Crippen LogP) is 4.32. The van der Waals surface area contributed by atoms with Crippen LogP contribution in [0.2, 0.25) is 0 Å². The molecule has 0 spiro atoms. The number of amides is 1. The van der Waals surface area contributed by atoms with Crippen LogP contribution in [0.5, 0.6) is 0 Å². The molecule has 1 saturated carbocycles. The van der Waals surface area contributed by atoms with Gasteiger partial charge in [-0.25, -0.2) is 4.79 Å². The summed E-state index contributed by atoms with van der Waals surface area (Å²) in [7, 11) is 1.86. The van der Waals surface area contributed by atoms with Crippen LogP contribution >= 0.6 is 11.3 Å². The van der Waals surface area contributed by atoms with Gasteiger partial charge in [0.2, 0.25) is 0 Å². The molecule has 0 saturated heterocycles. The Balaban J connectivity index is 1.73. The molecule has 1 aliphatic rings. The van der Waals surface area contributed by atoms with E-state index < -0.39 is 5.60 Å². The molecular weight excluding hydrogens is 308 g/mol. The Bertz CT molecular complexity index is 513. The van der Waals surface area contributed by atoms with Crippen LogP contribution in [0.15, 0.2) is 12.1 Å². The molecule has 4 nitrogen and oxygen atoms in total. The average molecular weight is 339 g/mol. The average Bonchev–Trinajstić information content (AvgIpc) is 2.89. The smallest absolute Gasteiger partial charge is 0.410 e. The Morgan fingerprint density at radius 3 is 2.48 bits per heavy atom. The van der Waals surface area contributed by atoms with Gasteiger partial charge in [-0.1, -0.05) is 0 Å². The monoisotopic (exact) mass is 338 g/mol. The lowest BCUT2D eigenvalue weighted by Crippen LogP contribution is -2.44. The summed E-state index contributed by atoms with van der Waals surface area (Å²) in [6.45, 7) is 8.82. The third-order valence-electron chi connectivity index (χ3n) is 4.29. The van der Waals surface area contributed by atoms with Crippen molar-refractivity contribution in [2.24, 2.45) is 0 Å². The van der Waals surface area contributed by atoms with Gasteiger partial charge < -0.3 is 15.0 Å². The Kier molecular flexibility index (Phi) is 6.09. The topological polar surface area (TPSA) is 41.6 Å². The molecule has 1 heterocycles. The van der Waals surface area contributed by atoms with Crippen molar-refractivity contribution >= 4 is 17.4 Å². The highest BCUT2D eigenvalue weighted by Gasteiger charge is 2.29. The van der Waals surface area contributed by atoms with Gasteiger partial charge in [0.1, 0.15) is 5.60 Å². The molecular formula is C18H30N2O2S. The van der Waals surface area contributed by atoms with Crippen LogP contribution in [0.4, 0.5) is 4.79 Å². The van der Waals surface area contributed by atoms with Crippen LogP contribution in [-0.2, 0) is 11.3 Å². The number of carbonyl (C=O) groups is 1. The second-order valence-electron chi connectivity index (χ2n) is 7.49. The summed E-state index contributed by atoms with van der Waals surface area (Å²) >= 11 is 1.86. The molecule has 2 rings (SSSR count). The maximum Gasteiger partial charge on any atom is 0.410 e. The van der Waals surface area contributed by atoms with Gasteiger partial charge >= 0.3 is 6.09 Å². The first-order chi connectivity index (χ1) is 10.7. The lowest BCUT2D eigenvalue weighted by molar-refractivity contribution is 0.0179. The van der Waals surface area contributed by atoms with E-state index in [-0.39, 0.29) is 6.09 Å². The van der Waals surface area contributed by atoms with Gasteiger partial charge in [-0.3, -0.25) is 0 Å². The van der Waals surface area contributed by atoms with Crippen LogP contribution in [0.25, 0.3) is 0 Å². The highest BCUT2D eigenvalue weighted by Crippen LogP contribution is 2.24. The largest absolute Gasteiger partial charge is 0.444 e. The van der Waals surface area contributed by atoms with Gasteiger partial charge in [0.15, 0.2) is 0 Å². The molecule has 23 heavy (non-hydrogen) atoms. The summed E-state index contributed by atoms with van der Waals surface area (Å²) in [6, 6.07) is 5.23. The summed E-state index contributed by atoms with van der Waals surface area (Å²) in [4.78, 5) is 16.7. The molecule has 5 heteroatoms. The Hall–Kier alpha value is -1.07. The summed E-state index contributed by atoms with van der Waals surface area (Å²) in [5.41, 5.74) is -0.428. The van der Waals surface area contributed by atoms with Crippen molar-refractivity contribution in [3.63, 3.8) is 0 Å². The molecule has 0 radical (unpaired) electrons. The normalized spacial score (nSPS) is 22.0. The highest BCUT2D eigenvalue weighted by atomic mass is 32.1. The first kappa shape index (κ1) is 18.3. The molecule has 0 bridgehead atoms. The van der Waals surface area contributed by atoms with Gasteiger partial charge in [0, 0.05) is 35.4 Å². The number of hydrogen-bond acceptors (Lipinski definition) is 4. The molecule has 0 aliphatic heterocycles. The van der Waals surface area contributed by atoms with Crippen molar-refractivity contribution in [1.82, 2.24) is 10.2 Å². The lowest BCUT2D eigenvalue weighted by atomic mass is 9.90. The molecule has 1 aliphatic carbocycles. The summed E-state index contributed by atoms with van der Waals surface area (Å²) < 4.78 is 5.46. The number of carbonyl (C=O) groups excluding carboxylic acids is 1. The third kappa shape index (κ3) is 5.81. The fraction of sp³-hybridized carbons (Fsp3) is 0.722. The zero-order chi connectivity index (χ0) is 17.0. The van der Waals surface area contributed by atoms with Crippen molar-refractivity contribution in [3.05, 3.63) is 21.9 Å². The van der Waals surface area contributed by atoms with E-state index in [2.05, 4.69) is 24.4 Å². The minimum absolute atomic E-state index is 0.206. The van der Waals surface area contributed by atoms with Crippen molar-refractivity contribution < 1.29 is 9.53 Å². The molecule has 0 atom stereocenters. The lowest BCUT2D eigenvalue weighted by Gasteiger charge is -2.35. The van der Waals surface area contributed by atoms with E-state index in [1.54, 1.807) is 4.90 Å². The Morgan fingerprint density at radius 2 is 1.96 bits per heavy atom. The van der Waals surface area contributed by atoms with Crippen molar-refractivity contribution in [2.75, 3.05) is 7.05 Å². The first-order valence-electron chi connectivity index (χ1n) is 8.49. The number of nitrogens with zero attached hydrogens (tertiary/aromatic N) is 1. The molecule has 130 valence electrons. The van der Waals surface area contributed by atoms with E-state index in [0.29, 0.717) is 12.1 Å². The third-order valence-corrected chi connectivity index (χ3v) is 5.29. The SMILES string of the molecule is Cc1ccc(CNC2CCC(N(C)C(=O)OC(C)(C)C)CC2)s1. The minimum atomic E-state index is -0.428. The van der Waals surface area contributed by atoms with Crippen molar-refractivity contribution in [1.29, 1.82) is 0 Å². The predicted molar refractivity (Wildman–Crippen MR) is 95.9 cm³/mol. The second-order valence-corrected chi connectivity index (χ2v) is 8.86. The zero-order valence-corrected chi connectivity index (χ0v) is 15.8. The van der Waals surface area contributed by atoms with Crippen LogP contribution < -0.4 is 5.32 Å². The fourth-order valence-electron chi connectivity index (χ4n) is 2.98. The summed E-state index contributed by atoms with van der Waals surface area (Å²) in [5, 5.41) is 3.65. The van der Waals surface area contributed by atoms with Crippen LogP contribution in [0, 0.1) is 6.92 Å². The van der Waals surface area contributed by atoms with Crippen LogP contribution in [0.1, 0.15) is 56.2 Å². The maximum atomic E-state index is 12.1. The van der Waals surface area contributed by atoms with Crippen LogP contribution in [-0.4, -0.2) is 35.7 Å². The number of thiophene rings is 1. The molecule has 1 N–H and O–H groups in total.